The van der Waals surface area contributed by atoms with Gasteiger partial charge in [0.25, 0.3) is 0 Å². The topological polar surface area (TPSA) is 132 Å². The van der Waals surface area contributed by atoms with Crippen LogP contribution >= 0.6 is 0 Å². The zero-order valence-corrected chi connectivity index (χ0v) is 13.6. The molecule has 0 fully saturated rings. The largest absolute Gasteiger partial charge is 0.506 e. The van der Waals surface area contributed by atoms with Crippen LogP contribution in [0.4, 0.5) is 5.82 Å². The van der Waals surface area contributed by atoms with E-state index in [0.29, 0.717) is 41.2 Å². The van der Waals surface area contributed by atoms with Gasteiger partial charge in [-0.15, -0.1) is 0 Å². The summed E-state index contributed by atoms with van der Waals surface area (Å²) in [5.41, 5.74) is 14.5. The average Bonchev–Trinajstić information content (AvgIpc) is 3.19. The van der Waals surface area contributed by atoms with E-state index in [9.17, 15) is 5.11 Å². The lowest BCUT2D eigenvalue weighted by molar-refractivity contribution is 0.480. The first-order valence-electron chi connectivity index (χ1n) is 8.17. The highest BCUT2D eigenvalue weighted by molar-refractivity contribution is 6.00. The number of aromatic hydroxyl groups is 1. The second kappa shape index (κ2) is 6.06. The summed E-state index contributed by atoms with van der Waals surface area (Å²) in [7, 11) is 0. The van der Waals surface area contributed by atoms with Crippen LogP contribution in [0.15, 0.2) is 30.6 Å². The van der Waals surface area contributed by atoms with Crippen LogP contribution in [0.3, 0.4) is 0 Å². The van der Waals surface area contributed by atoms with Gasteiger partial charge >= 0.3 is 0 Å². The number of fused-ring (bicyclic) bond motifs is 2. The molecule has 0 radical (unpaired) electrons. The number of para-hydroxylation sites is 1. The van der Waals surface area contributed by atoms with Crippen LogP contribution in [0, 0.1) is 0 Å². The van der Waals surface area contributed by atoms with Crippen molar-refractivity contribution in [2.75, 3.05) is 12.3 Å². The number of nitrogen functional groups attached to an aromatic ring is 1. The van der Waals surface area contributed by atoms with E-state index in [1.165, 1.54) is 6.33 Å². The highest BCUT2D eigenvalue weighted by Gasteiger charge is 2.18. The van der Waals surface area contributed by atoms with Gasteiger partial charge < -0.3 is 21.6 Å². The number of rotatable bonds is 5. The average molecular weight is 337 g/mol. The molecule has 0 aliphatic heterocycles. The maximum absolute atomic E-state index is 10.0. The zero-order chi connectivity index (χ0) is 17.4. The van der Waals surface area contributed by atoms with Crippen LogP contribution in [-0.4, -0.2) is 36.4 Å². The van der Waals surface area contributed by atoms with E-state index in [1.54, 1.807) is 12.1 Å². The van der Waals surface area contributed by atoms with E-state index < -0.39 is 0 Å². The quantitative estimate of drug-likeness (QED) is 0.412. The van der Waals surface area contributed by atoms with Gasteiger partial charge in [0, 0.05) is 11.9 Å². The summed E-state index contributed by atoms with van der Waals surface area (Å²) in [5, 5.41) is 16.3. The predicted octanol–water partition coefficient (Wildman–Crippen LogP) is 2.00. The third-order valence-electron chi connectivity index (χ3n) is 4.27. The maximum Gasteiger partial charge on any atom is 0.164 e. The fraction of sp³-hybridized carbons (Fsp3) is 0.235. The van der Waals surface area contributed by atoms with Crippen molar-refractivity contribution in [1.82, 2.24) is 24.7 Å². The zero-order valence-electron chi connectivity index (χ0n) is 13.6. The molecule has 0 aliphatic carbocycles. The number of nitrogens with two attached hydrogens (primary N) is 2. The van der Waals surface area contributed by atoms with E-state index in [1.807, 2.05) is 16.8 Å². The molecule has 4 rings (SSSR count). The van der Waals surface area contributed by atoms with Crippen molar-refractivity contribution in [3.63, 3.8) is 0 Å². The van der Waals surface area contributed by atoms with Crippen LogP contribution in [-0.2, 0) is 6.54 Å². The number of nitrogens with zero attached hydrogens (tertiary/aromatic N) is 4. The molecule has 25 heavy (non-hydrogen) atoms. The lowest BCUT2D eigenvalue weighted by Crippen LogP contribution is -2.05. The first kappa shape index (κ1) is 15.4. The van der Waals surface area contributed by atoms with Gasteiger partial charge in [-0.25, -0.2) is 14.6 Å². The number of aromatic nitrogens is 5. The molecule has 1 aromatic carbocycles. The van der Waals surface area contributed by atoms with E-state index in [4.69, 9.17) is 16.6 Å². The molecule has 0 unspecified atom stereocenters. The molecule has 0 saturated carbocycles. The van der Waals surface area contributed by atoms with E-state index in [0.717, 1.165) is 23.9 Å². The molecule has 0 bridgehead atoms. The molecule has 128 valence electrons. The first-order chi connectivity index (χ1) is 12.2. The van der Waals surface area contributed by atoms with Crippen molar-refractivity contribution in [1.29, 1.82) is 0 Å². The van der Waals surface area contributed by atoms with Crippen molar-refractivity contribution in [3.8, 4) is 17.1 Å². The van der Waals surface area contributed by atoms with Crippen molar-refractivity contribution >= 4 is 27.8 Å². The lowest BCUT2D eigenvalue weighted by Gasteiger charge is -2.01. The molecule has 8 nitrogen and oxygen atoms in total. The molecule has 8 heteroatoms. The standard InChI is InChI=1S/C17H19N7O/c18-6-1-2-7-24-17-13(16(19)20-9-21-17)15(23-24)11-8-10-4-3-5-12(25)14(10)22-11/h3-5,8-9,22,25H,1-2,6-7,18H2,(H2,19,20,21). The monoisotopic (exact) mass is 337 g/mol. The van der Waals surface area contributed by atoms with Crippen molar-refractivity contribution in [2.24, 2.45) is 5.73 Å². The molecule has 4 aromatic rings. The Morgan fingerprint density at radius 3 is 2.88 bits per heavy atom. The van der Waals surface area contributed by atoms with Gasteiger partial charge in [-0.1, -0.05) is 12.1 Å². The highest BCUT2D eigenvalue weighted by atomic mass is 16.3. The van der Waals surface area contributed by atoms with Crippen LogP contribution in [0.1, 0.15) is 12.8 Å². The molecule has 6 N–H and O–H groups in total. The SMILES string of the molecule is NCCCCn1nc(-c2cc3cccc(O)c3[nH]2)c2c(N)ncnc21. The van der Waals surface area contributed by atoms with Gasteiger partial charge in [0.15, 0.2) is 5.65 Å². The fourth-order valence-electron chi connectivity index (χ4n) is 3.05. The minimum Gasteiger partial charge on any atom is -0.506 e. The normalized spacial score (nSPS) is 11.6. The Morgan fingerprint density at radius 1 is 1.20 bits per heavy atom. The van der Waals surface area contributed by atoms with E-state index in [-0.39, 0.29) is 5.75 Å². The Balaban J connectivity index is 1.89. The number of phenols is 1. The first-order valence-corrected chi connectivity index (χ1v) is 8.17. The molecule has 3 heterocycles. The number of hydrogen-bond acceptors (Lipinski definition) is 6. The molecule has 0 spiro atoms. The summed E-state index contributed by atoms with van der Waals surface area (Å²) in [6, 6.07) is 7.31. The lowest BCUT2D eigenvalue weighted by atomic mass is 10.2. The van der Waals surface area contributed by atoms with E-state index >= 15 is 0 Å². The van der Waals surface area contributed by atoms with Crippen molar-refractivity contribution in [2.45, 2.75) is 19.4 Å². The Kier molecular flexibility index (Phi) is 3.73. The van der Waals surface area contributed by atoms with Crippen LogP contribution < -0.4 is 11.5 Å². The summed E-state index contributed by atoms with van der Waals surface area (Å²) < 4.78 is 1.84. The number of H-pyrrole nitrogens is 1. The Morgan fingerprint density at radius 2 is 2.08 bits per heavy atom. The van der Waals surface area contributed by atoms with Crippen molar-refractivity contribution in [3.05, 3.63) is 30.6 Å². The molecule has 3 aromatic heterocycles. The summed E-state index contributed by atoms with van der Waals surface area (Å²) >= 11 is 0. The number of aromatic amines is 1. The van der Waals surface area contributed by atoms with Crippen molar-refractivity contribution < 1.29 is 5.11 Å². The van der Waals surface area contributed by atoms with Crippen LogP contribution in [0.5, 0.6) is 5.75 Å². The molecular formula is C17H19N7O. The molecule has 0 atom stereocenters. The van der Waals surface area contributed by atoms with Gasteiger partial charge in [-0.3, -0.25) is 0 Å². The Hall–Kier alpha value is -3.13. The minimum atomic E-state index is 0.194. The summed E-state index contributed by atoms with van der Waals surface area (Å²) in [6.07, 6.45) is 3.27. The number of hydrogen-bond donors (Lipinski definition) is 4. The molecule has 0 amide bonds. The summed E-state index contributed by atoms with van der Waals surface area (Å²) in [4.78, 5) is 11.7. The van der Waals surface area contributed by atoms with Gasteiger partial charge in [-0.05, 0) is 31.5 Å². The highest BCUT2D eigenvalue weighted by Crippen LogP contribution is 2.33. The number of nitrogens with one attached hydrogen (secondary N) is 1. The third-order valence-corrected chi connectivity index (χ3v) is 4.27. The minimum absolute atomic E-state index is 0.194. The number of phenolic OH excluding ortho intramolecular Hbond substituents is 1. The Labute approximate surface area is 143 Å². The molecular weight excluding hydrogens is 318 g/mol. The second-order valence-corrected chi connectivity index (χ2v) is 5.95. The Bertz CT molecular complexity index is 1050. The molecule has 0 saturated heterocycles. The van der Waals surface area contributed by atoms with Gasteiger partial charge in [0.1, 0.15) is 23.6 Å². The summed E-state index contributed by atoms with van der Waals surface area (Å²) in [6.45, 7) is 1.35. The van der Waals surface area contributed by atoms with E-state index in [2.05, 4.69) is 15.0 Å². The number of aryl methyl sites for hydroxylation is 1. The van der Waals surface area contributed by atoms with Crippen LogP contribution in [0.25, 0.3) is 33.3 Å². The number of unbranched alkanes of at least 4 members (excludes halogenated alkanes) is 1. The fourth-order valence-corrected chi connectivity index (χ4v) is 3.05. The third kappa shape index (κ3) is 2.56. The van der Waals surface area contributed by atoms with Gasteiger partial charge in [0.05, 0.1) is 16.6 Å². The number of anilines is 1. The maximum atomic E-state index is 10.0. The molecule has 0 aliphatic rings. The van der Waals surface area contributed by atoms with Gasteiger partial charge in [0.2, 0.25) is 0 Å². The van der Waals surface area contributed by atoms with Crippen LogP contribution in [0.2, 0.25) is 0 Å². The second-order valence-electron chi connectivity index (χ2n) is 5.95. The predicted molar refractivity (Wildman–Crippen MR) is 97.0 cm³/mol. The summed E-state index contributed by atoms with van der Waals surface area (Å²) in [5.74, 6) is 0.576. The number of benzene rings is 1. The van der Waals surface area contributed by atoms with Gasteiger partial charge in [-0.2, -0.15) is 5.10 Å². The smallest absolute Gasteiger partial charge is 0.164 e.